The monoisotopic (exact) mass is 503 g/mol. The molecule has 178 valence electrons. The number of nitrogens with zero attached hydrogens (tertiary/aromatic N) is 4. The van der Waals surface area contributed by atoms with E-state index in [0.29, 0.717) is 30.1 Å². The predicted molar refractivity (Wildman–Crippen MR) is 126 cm³/mol. The van der Waals surface area contributed by atoms with Crippen molar-refractivity contribution in [3.05, 3.63) is 81.6 Å². The van der Waals surface area contributed by atoms with Gasteiger partial charge in [0.25, 0.3) is 5.69 Å². The average molecular weight is 504 g/mol. The minimum Gasteiger partial charge on any atom is -0.323 e. The van der Waals surface area contributed by atoms with Crippen LogP contribution < -0.4 is 5.32 Å². The smallest absolute Gasteiger partial charge is 0.269 e. The third-order valence-electron chi connectivity index (χ3n) is 5.67. The summed E-state index contributed by atoms with van der Waals surface area (Å²) < 4.78 is 28.7. The van der Waals surface area contributed by atoms with Gasteiger partial charge in [-0.15, -0.1) is 0 Å². The number of hydrogen-bond donors (Lipinski definition) is 1. The van der Waals surface area contributed by atoms with Crippen LogP contribution in [0.4, 0.5) is 11.4 Å². The van der Waals surface area contributed by atoms with Gasteiger partial charge in [0.2, 0.25) is 15.9 Å². The van der Waals surface area contributed by atoms with Gasteiger partial charge in [0, 0.05) is 42.4 Å². The Labute approximate surface area is 201 Å². The maximum Gasteiger partial charge on any atom is 0.269 e. The summed E-state index contributed by atoms with van der Waals surface area (Å²) in [5.74, 6) is -0.513. The number of nitro benzene ring substituents is 1. The van der Waals surface area contributed by atoms with Gasteiger partial charge in [0.15, 0.2) is 0 Å². The number of carbonyl (C=O) groups excluding carboxylic acids is 1. The number of anilines is 1. The minimum absolute atomic E-state index is 0.00546. The maximum atomic E-state index is 12.8. The van der Waals surface area contributed by atoms with E-state index in [1.165, 1.54) is 28.6 Å². The Morgan fingerprint density at radius 1 is 1.12 bits per heavy atom. The van der Waals surface area contributed by atoms with Crippen molar-refractivity contribution in [1.82, 2.24) is 14.1 Å². The Balaban J connectivity index is 1.31. The second-order valence-corrected chi connectivity index (χ2v) is 10.3. The molecule has 12 heteroatoms. The molecule has 2 aromatic carbocycles. The quantitative estimate of drug-likeness (QED) is 0.388. The average Bonchev–Trinajstić information content (AvgIpc) is 3.27. The van der Waals surface area contributed by atoms with Crippen LogP contribution in [-0.2, 0) is 21.4 Å². The highest BCUT2D eigenvalue weighted by molar-refractivity contribution is 7.89. The molecule has 10 nitrogen and oxygen atoms in total. The summed E-state index contributed by atoms with van der Waals surface area (Å²) in [6.45, 7) is 0.909. The summed E-state index contributed by atoms with van der Waals surface area (Å²) in [6.07, 6.45) is 4.05. The molecule has 1 aliphatic rings. The molecular weight excluding hydrogens is 482 g/mol. The fraction of sp³-hybridized carbons (Fsp3) is 0.273. The number of aromatic nitrogens is 2. The summed E-state index contributed by atoms with van der Waals surface area (Å²) in [5.41, 5.74) is 1.41. The highest BCUT2D eigenvalue weighted by Gasteiger charge is 2.32. The number of nitro groups is 1. The first-order valence-corrected chi connectivity index (χ1v) is 12.4. The van der Waals surface area contributed by atoms with Crippen LogP contribution >= 0.6 is 11.6 Å². The fourth-order valence-corrected chi connectivity index (χ4v) is 5.38. The lowest BCUT2D eigenvalue weighted by atomic mass is 9.97. The van der Waals surface area contributed by atoms with E-state index >= 15 is 0 Å². The lowest BCUT2D eigenvalue weighted by molar-refractivity contribution is -0.384. The van der Waals surface area contributed by atoms with E-state index in [4.69, 9.17) is 11.6 Å². The Morgan fingerprint density at radius 2 is 1.76 bits per heavy atom. The first-order chi connectivity index (χ1) is 16.2. The molecule has 0 radical (unpaired) electrons. The summed E-state index contributed by atoms with van der Waals surface area (Å²) in [4.78, 5) is 22.9. The molecule has 1 saturated heterocycles. The van der Waals surface area contributed by atoms with Gasteiger partial charge in [-0.25, -0.2) is 8.42 Å². The number of benzene rings is 2. The molecule has 3 aromatic rings. The molecule has 0 atom stereocenters. The van der Waals surface area contributed by atoms with Gasteiger partial charge in [0.05, 0.1) is 28.2 Å². The number of sulfonamides is 1. The van der Waals surface area contributed by atoms with Crippen molar-refractivity contribution < 1.29 is 18.1 Å². The zero-order chi connectivity index (χ0) is 24.3. The van der Waals surface area contributed by atoms with Crippen molar-refractivity contribution in [1.29, 1.82) is 0 Å². The normalized spacial score (nSPS) is 15.2. The minimum atomic E-state index is -3.78. The van der Waals surface area contributed by atoms with E-state index in [-0.39, 0.29) is 35.5 Å². The van der Waals surface area contributed by atoms with Crippen LogP contribution in [0.5, 0.6) is 0 Å². The van der Waals surface area contributed by atoms with Gasteiger partial charge in [-0.3, -0.25) is 19.6 Å². The second-order valence-electron chi connectivity index (χ2n) is 7.97. The maximum absolute atomic E-state index is 12.8. The summed E-state index contributed by atoms with van der Waals surface area (Å²) in [5, 5.41) is 18.6. The van der Waals surface area contributed by atoms with E-state index in [1.807, 2.05) is 12.1 Å². The number of amides is 1. The van der Waals surface area contributed by atoms with Gasteiger partial charge in [0.1, 0.15) is 0 Å². The van der Waals surface area contributed by atoms with Crippen molar-refractivity contribution in [3.8, 4) is 0 Å². The van der Waals surface area contributed by atoms with Crippen LogP contribution in [0.15, 0.2) is 65.8 Å². The van der Waals surface area contributed by atoms with Gasteiger partial charge < -0.3 is 5.32 Å². The third kappa shape index (κ3) is 5.44. The van der Waals surface area contributed by atoms with Crippen molar-refractivity contribution in [3.63, 3.8) is 0 Å². The molecule has 0 aliphatic carbocycles. The van der Waals surface area contributed by atoms with Crippen molar-refractivity contribution in [2.75, 3.05) is 18.4 Å². The first-order valence-electron chi connectivity index (χ1n) is 10.5. The van der Waals surface area contributed by atoms with Gasteiger partial charge >= 0.3 is 0 Å². The molecule has 34 heavy (non-hydrogen) atoms. The summed E-state index contributed by atoms with van der Waals surface area (Å²) >= 11 is 5.90. The molecule has 2 heterocycles. The number of carbonyl (C=O) groups is 1. The van der Waals surface area contributed by atoms with Gasteiger partial charge in [-0.1, -0.05) is 23.7 Å². The largest absolute Gasteiger partial charge is 0.323 e. The molecule has 1 fully saturated rings. The Hall–Kier alpha value is -3.28. The zero-order valence-corrected chi connectivity index (χ0v) is 19.6. The SMILES string of the molecule is O=C(Nc1cnn(Cc2ccc(Cl)cc2)c1)C1CCN(S(=O)(=O)c2ccc([N+](=O)[O-])cc2)CC1. The molecular formula is C22H22ClN5O5S. The molecule has 4 rings (SSSR count). The number of hydrogen-bond acceptors (Lipinski definition) is 6. The zero-order valence-electron chi connectivity index (χ0n) is 18.0. The van der Waals surface area contributed by atoms with Crippen molar-refractivity contribution >= 4 is 38.9 Å². The number of rotatable bonds is 7. The molecule has 0 saturated carbocycles. The summed E-state index contributed by atoms with van der Waals surface area (Å²) in [7, 11) is -3.78. The predicted octanol–water partition coefficient (Wildman–Crippen LogP) is 3.53. The molecule has 0 unspecified atom stereocenters. The highest BCUT2D eigenvalue weighted by atomic mass is 35.5. The van der Waals surface area contributed by atoms with E-state index in [9.17, 15) is 23.3 Å². The number of nitrogens with one attached hydrogen (secondary N) is 1. The van der Waals surface area contributed by atoms with Crippen molar-refractivity contribution in [2.45, 2.75) is 24.3 Å². The van der Waals surface area contributed by atoms with Crippen LogP contribution in [0.3, 0.4) is 0 Å². The molecule has 0 spiro atoms. The summed E-state index contributed by atoms with van der Waals surface area (Å²) in [6, 6.07) is 12.2. The molecule has 1 amide bonds. The number of piperidine rings is 1. The van der Waals surface area contributed by atoms with Gasteiger partial charge in [-0.05, 0) is 42.7 Å². The van der Waals surface area contributed by atoms with Crippen LogP contribution in [0.25, 0.3) is 0 Å². The molecule has 0 bridgehead atoms. The number of non-ortho nitro benzene ring substituents is 1. The van der Waals surface area contributed by atoms with E-state index < -0.39 is 14.9 Å². The van der Waals surface area contributed by atoms with E-state index in [1.54, 1.807) is 29.2 Å². The molecule has 1 N–H and O–H groups in total. The lowest BCUT2D eigenvalue weighted by Gasteiger charge is -2.30. The van der Waals surface area contributed by atoms with Crippen LogP contribution in [0, 0.1) is 16.0 Å². The number of halogens is 1. The van der Waals surface area contributed by atoms with Crippen molar-refractivity contribution in [2.24, 2.45) is 5.92 Å². The van der Waals surface area contributed by atoms with Crippen LogP contribution in [0.1, 0.15) is 18.4 Å². The first kappa shape index (κ1) is 23.9. The Morgan fingerprint density at radius 3 is 2.38 bits per heavy atom. The highest BCUT2D eigenvalue weighted by Crippen LogP contribution is 2.26. The molecule has 1 aliphatic heterocycles. The standard InChI is InChI=1S/C22H22ClN5O5S/c23-18-3-1-16(2-4-18)14-26-15-19(13-24-26)25-22(29)17-9-11-27(12-10-17)34(32,33)21-7-5-20(6-8-21)28(30)31/h1-8,13,15,17H,9-12,14H2,(H,25,29). The topological polar surface area (TPSA) is 127 Å². The Kier molecular flexibility index (Phi) is 6.96. The van der Waals surface area contributed by atoms with E-state index in [0.717, 1.165) is 5.56 Å². The lowest BCUT2D eigenvalue weighted by Crippen LogP contribution is -2.41. The van der Waals surface area contributed by atoms with Gasteiger partial charge in [-0.2, -0.15) is 9.40 Å². The fourth-order valence-electron chi connectivity index (χ4n) is 3.78. The third-order valence-corrected chi connectivity index (χ3v) is 7.83. The van der Waals surface area contributed by atoms with E-state index in [2.05, 4.69) is 10.4 Å². The van der Waals surface area contributed by atoms with Crippen LogP contribution in [-0.4, -0.2) is 46.4 Å². The van der Waals surface area contributed by atoms with Crippen LogP contribution in [0.2, 0.25) is 5.02 Å². The second kappa shape index (κ2) is 9.92. The Bertz CT molecular complexity index is 1280. The molecule has 1 aromatic heterocycles.